The number of aryl methyl sites for hydroxylation is 1. The van der Waals surface area contributed by atoms with E-state index in [2.05, 4.69) is 15.3 Å². The van der Waals surface area contributed by atoms with Crippen LogP contribution in [0.1, 0.15) is 21.5 Å². The quantitative estimate of drug-likeness (QED) is 0.544. The fourth-order valence-electron chi connectivity index (χ4n) is 2.87. The molecule has 4 aromatic rings. The second-order valence-corrected chi connectivity index (χ2v) is 8.33. The monoisotopic (exact) mass is 394 g/mol. The van der Waals surface area contributed by atoms with Crippen molar-refractivity contribution in [3.63, 3.8) is 0 Å². The van der Waals surface area contributed by atoms with E-state index in [0.717, 1.165) is 26.1 Å². The van der Waals surface area contributed by atoms with Gasteiger partial charge in [-0.2, -0.15) is 0 Å². The topological polar surface area (TPSA) is 96.8 Å². The Balaban J connectivity index is 1.48. The molecule has 0 spiro atoms. The van der Waals surface area contributed by atoms with Crippen LogP contribution in [-0.4, -0.2) is 28.3 Å². The van der Waals surface area contributed by atoms with E-state index in [1.807, 2.05) is 25.1 Å². The number of amides is 1. The highest BCUT2D eigenvalue weighted by molar-refractivity contribution is 7.90. The van der Waals surface area contributed by atoms with Gasteiger partial charge in [-0.05, 0) is 42.8 Å². The van der Waals surface area contributed by atoms with Crippen LogP contribution in [0.4, 0.5) is 0 Å². The summed E-state index contributed by atoms with van der Waals surface area (Å²) in [4.78, 5) is 19.8. The van der Waals surface area contributed by atoms with Gasteiger partial charge in [0.05, 0.1) is 27.8 Å². The van der Waals surface area contributed by atoms with E-state index in [1.165, 1.54) is 18.5 Å². The van der Waals surface area contributed by atoms with Gasteiger partial charge in [-0.3, -0.25) is 4.79 Å². The number of benzene rings is 2. The number of H-pyrrole nitrogens is 1. The predicted molar refractivity (Wildman–Crippen MR) is 105 cm³/mol. The summed E-state index contributed by atoms with van der Waals surface area (Å²) in [6, 6.07) is 13.7. The molecule has 0 bridgehead atoms. The molecule has 2 aromatic heterocycles. The molecule has 2 heterocycles. The van der Waals surface area contributed by atoms with E-state index >= 15 is 0 Å². The molecule has 0 aliphatic carbocycles. The first kappa shape index (κ1) is 18.0. The average Bonchev–Trinajstić information content (AvgIpc) is 3.36. The van der Waals surface area contributed by atoms with Gasteiger partial charge in [0.25, 0.3) is 15.9 Å². The van der Waals surface area contributed by atoms with Crippen LogP contribution in [0.5, 0.6) is 0 Å². The normalized spacial score (nSPS) is 11.6. The molecule has 0 atom stereocenters. The first-order valence-corrected chi connectivity index (χ1v) is 10.1. The highest BCUT2D eigenvalue weighted by atomic mass is 32.2. The van der Waals surface area contributed by atoms with Gasteiger partial charge in [-0.1, -0.05) is 23.8 Å². The number of nitrogens with zero attached hydrogens (tertiary/aromatic N) is 2. The number of carbonyl (C=O) groups excluding carboxylic acids is 1. The molecule has 0 unspecified atom stereocenters. The molecular formula is C20H18N4O3S. The maximum absolute atomic E-state index is 12.7. The first-order chi connectivity index (χ1) is 13.4. The smallest absolute Gasteiger partial charge is 0.267 e. The minimum Gasteiger partial charge on any atom is -0.348 e. The minimum atomic E-state index is -3.73. The molecule has 4 rings (SSSR count). The molecule has 1 amide bonds. The van der Waals surface area contributed by atoms with Crippen molar-refractivity contribution in [2.24, 2.45) is 0 Å². The molecular weight excluding hydrogens is 376 g/mol. The molecule has 7 nitrogen and oxygen atoms in total. The number of imidazole rings is 1. The number of nitrogens with one attached hydrogen (secondary N) is 2. The third-order valence-electron chi connectivity index (χ3n) is 4.46. The molecule has 0 aliphatic rings. The van der Waals surface area contributed by atoms with Crippen LogP contribution in [0.25, 0.3) is 11.0 Å². The lowest BCUT2D eigenvalue weighted by Crippen LogP contribution is -2.22. The number of carbonyl (C=O) groups is 1. The zero-order chi connectivity index (χ0) is 19.7. The third-order valence-corrected chi connectivity index (χ3v) is 6.11. The summed E-state index contributed by atoms with van der Waals surface area (Å²) in [6.07, 6.45) is 4.31. The standard InChI is InChI=1S/C20H18N4O3S/c1-14-2-5-17(6-3-14)28(26,27)24-9-8-16(12-24)20(25)21-11-15-4-7-18-19(10-15)23-13-22-18/h2-10,12-13H,11H2,1H3,(H,21,25)(H,22,23). The van der Waals surface area contributed by atoms with Crippen molar-refractivity contribution < 1.29 is 13.2 Å². The van der Waals surface area contributed by atoms with Crippen molar-refractivity contribution in [2.45, 2.75) is 18.4 Å². The number of aromatic nitrogens is 3. The SMILES string of the molecule is Cc1ccc(S(=O)(=O)n2ccc(C(=O)NCc3ccc4nc[nH]c4c3)c2)cc1. The number of fused-ring (bicyclic) bond motifs is 1. The molecule has 8 heteroatoms. The van der Waals surface area contributed by atoms with Crippen LogP contribution in [0.3, 0.4) is 0 Å². The van der Waals surface area contributed by atoms with Crippen LogP contribution in [-0.2, 0) is 16.6 Å². The van der Waals surface area contributed by atoms with Gasteiger partial charge in [0.1, 0.15) is 0 Å². The lowest BCUT2D eigenvalue weighted by Gasteiger charge is -2.06. The van der Waals surface area contributed by atoms with Gasteiger partial charge in [0.2, 0.25) is 0 Å². The van der Waals surface area contributed by atoms with Crippen LogP contribution in [0.15, 0.2) is 72.1 Å². The van der Waals surface area contributed by atoms with Gasteiger partial charge < -0.3 is 10.3 Å². The van der Waals surface area contributed by atoms with Crippen molar-refractivity contribution in [1.29, 1.82) is 0 Å². The second kappa shape index (κ2) is 6.97. The number of aromatic amines is 1. The molecule has 0 saturated carbocycles. The summed E-state index contributed by atoms with van der Waals surface area (Å²) in [6.45, 7) is 2.21. The van der Waals surface area contributed by atoms with Crippen LogP contribution in [0.2, 0.25) is 0 Å². The summed E-state index contributed by atoms with van der Waals surface area (Å²) in [5, 5.41) is 2.80. The lowest BCUT2D eigenvalue weighted by molar-refractivity contribution is 0.0951. The van der Waals surface area contributed by atoms with Crippen LogP contribution in [0, 0.1) is 6.92 Å². The molecule has 0 radical (unpaired) electrons. The van der Waals surface area contributed by atoms with Gasteiger partial charge in [-0.15, -0.1) is 0 Å². The summed E-state index contributed by atoms with van der Waals surface area (Å²) < 4.78 is 26.4. The Hall–Kier alpha value is -3.39. The number of rotatable bonds is 5. The van der Waals surface area contributed by atoms with Crippen molar-refractivity contribution >= 4 is 27.0 Å². The fourth-order valence-corrected chi connectivity index (χ4v) is 4.07. The van der Waals surface area contributed by atoms with E-state index in [9.17, 15) is 13.2 Å². The molecule has 2 N–H and O–H groups in total. The average molecular weight is 394 g/mol. The highest BCUT2D eigenvalue weighted by Gasteiger charge is 2.18. The highest BCUT2D eigenvalue weighted by Crippen LogP contribution is 2.16. The Kier molecular flexibility index (Phi) is 4.48. The number of hydrogen-bond acceptors (Lipinski definition) is 4. The number of hydrogen-bond donors (Lipinski definition) is 2. The molecule has 142 valence electrons. The summed E-state index contributed by atoms with van der Waals surface area (Å²) >= 11 is 0. The predicted octanol–water partition coefficient (Wildman–Crippen LogP) is 2.84. The fraction of sp³-hybridized carbons (Fsp3) is 0.100. The Labute approximate surface area is 162 Å². The summed E-state index contributed by atoms with van der Waals surface area (Å²) in [5.41, 5.74) is 3.91. The van der Waals surface area contributed by atoms with Crippen molar-refractivity contribution in [1.82, 2.24) is 19.3 Å². The third kappa shape index (κ3) is 3.41. The Morgan fingerprint density at radius 2 is 1.93 bits per heavy atom. The second-order valence-electron chi connectivity index (χ2n) is 6.48. The van der Waals surface area contributed by atoms with Crippen LogP contribution >= 0.6 is 0 Å². The zero-order valence-electron chi connectivity index (χ0n) is 15.1. The largest absolute Gasteiger partial charge is 0.348 e. The van der Waals surface area contributed by atoms with Gasteiger partial charge >= 0.3 is 0 Å². The van der Waals surface area contributed by atoms with Crippen molar-refractivity contribution in [3.05, 3.63) is 83.9 Å². The molecule has 0 saturated heterocycles. The van der Waals surface area contributed by atoms with E-state index in [4.69, 9.17) is 0 Å². The summed E-state index contributed by atoms with van der Waals surface area (Å²) in [5.74, 6) is -0.345. The first-order valence-electron chi connectivity index (χ1n) is 8.64. The van der Waals surface area contributed by atoms with E-state index in [1.54, 1.807) is 30.6 Å². The van der Waals surface area contributed by atoms with Gasteiger partial charge in [-0.25, -0.2) is 17.4 Å². The maximum Gasteiger partial charge on any atom is 0.267 e. The Bertz CT molecular complexity index is 1250. The summed E-state index contributed by atoms with van der Waals surface area (Å²) in [7, 11) is -3.73. The molecule has 28 heavy (non-hydrogen) atoms. The van der Waals surface area contributed by atoms with Crippen LogP contribution < -0.4 is 5.32 Å². The Morgan fingerprint density at radius 3 is 2.71 bits per heavy atom. The van der Waals surface area contributed by atoms with Crippen molar-refractivity contribution in [2.75, 3.05) is 0 Å². The molecule has 0 fully saturated rings. The van der Waals surface area contributed by atoms with E-state index in [-0.39, 0.29) is 16.4 Å². The zero-order valence-corrected chi connectivity index (χ0v) is 15.9. The minimum absolute atomic E-state index is 0.175. The van der Waals surface area contributed by atoms with E-state index in [0.29, 0.717) is 6.54 Å². The van der Waals surface area contributed by atoms with Gasteiger partial charge in [0.15, 0.2) is 0 Å². The van der Waals surface area contributed by atoms with Gasteiger partial charge in [0, 0.05) is 18.9 Å². The maximum atomic E-state index is 12.7. The molecule has 2 aromatic carbocycles. The van der Waals surface area contributed by atoms with Crippen molar-refractivity contribution in [3.8, 4) is 0 Å². The van der Waals surface area contributed by atoms with E-state index < -0.39 is 10.0 Å². The lowest BCUT2D eigenvalue weighted by atomic mass is 10.2. The Morgan fingerprint density at radius 1 is 1.14 bits per heavy atom. The molecule has 0 aliphatic heterocycles.